The molecule has 0 spiro atoms. The van der Waals surface area contributed by atoms with Crippen molar-refractivity contribution in [2.45, 2.75) is 45.2 Å². The topological polar surface area (TPSA) is 69.0 Å². The predicted octanol–water partition coefficient (Wildman–Crippen LogP) is 6.59. The molecule has 1 aromatic heterocycles. The van der Waals surface area contributed by atoms with Gasteiger partial charge in [0.1, 0.15) is 5.75 Å². The number of aryl methyl sites for hydroxylation is 2. The van der Waals surface area contributed by atoms with Gasteiger partial charge in [-0.25, -0.2) is 0 Å². The fraction of sp³-hybridized carbons (Fsp3) is 0.276. The monoisotopic (exact) mass is 500 g/mol. The summed E-state index contributed by atoms with van der Waals surface area (Å²) in [5.74, 6) is 1.61. The van der Waals surface area contributed by atoms with Gasteiger partial charge in [-0.2, -0.15) is 0 Å². The molecule has 3 aromatic carbocycles. The molecule has 36 heavy (non-hydrogen) atoms. The van der Waals surface area contributed by atoms with E-state index < -0.39 is 0 Å². The lowest BCUT2D eigenvalue weighted by atomic mass is 9.87. The molecule has 0 saturated carbocycles. The van der Waals surface area contributed by atoms with E-state index in [0.717, 1.165) is 39.6 Å². The Bertz CT molecular complexity index is 1350. The molecule has 0 unspecified atom stereocenters. The number of amides is 1. The molecule has 1 amide bonds. The third-order valence-electron chi connectivity index (χ3n) is 5.97. The minimum Gasteiger partial charge on any atom is -0.497 e. The molecule has 6 nitrogen and oxygen atoms in total. The van der Waals surface area contributed by atoms with E-state index in [4.69, 9.17) is 4.74 Å². The van der Waals surface area contributed by atoms with Crippen molar-refractivity contribution in [2.24, 2.45) is 0 Å². The number of rotatable bonds is 7. The molecule has 0 fully saturated rings. The van der Waals surface area contributed by atoms with Gasteiger partial charge in [-0.1, -0.05) is 68.9 Å². The first-order valence-electron chi connectivity index (χ1n) is 11.9. The van der Waals surface area contributed by atoms with Crippen LogP contribution in [0.4, 0.5) is 5.69 Å². The van der Waals surface area contributed by atoms with Crippen LogP contribution in [0, 0.1) is 13.8 Å². The van der Waals surface area contributed by atoms with Gasteiger partial charge in [-0.15, -0.1) is 10.2 Å². The van der Waals surface area contributed by atoms with Crippen LogP contribution in [0.25, 0.3) is 17.1 Å². The van der Waals surface area contributed by atoms with E-state index in [-0.39, 0.29) is 17.1 Å². The molecule has 1 heterocycles. The first-order valence-corrected chi connectivity index (χ1v) is 12.8. The van der Waals surface area contributed by atoms with Crippen molar-refractivity contribution in [1.82, 2.24) is 14.8 Å². The number of hydrogen-bond donors (Lipinski definition) is 1. The molecule has 186 valence electrons. The van der Waals surface area contributed by atoms with Gasteiger partial charge >= 0.3 is 0 Å². The maximum Gasteiger partial charge on any atom is 0.234 e. The number of nitrogens with zero attached hydrogens (tertiary/aromatic N) is 3. The summed E-state index contributed by atoms with van der Waals surface area (Å²) < 4.78 is 7.32. The summed E-state index contributed by atoms with van der Waals surface area (Å²) in [7, 11) is 1.64. The molecule has 0 aliphatic heterocycles. The number of ether oxygens (including phenoxy) is 1. The fourth-order valence-electron chi connectivity index (χ4n) is 3.82. The summed E-state index contributed by atoms with van der Waals surface area (Å²) in [4.78, 5) is 12.8. The number of carbonyl (C=O) groups excluding carboxylic acids is 1. The van der Waals surface area contributed by atoms with Crippen LogP contribution < -0.4 is 10.1 Å². The molecular weight excluding hydrogens is 468 g/mol. The average molecular weight is 501 g/mol. The number of hydrogen-bond acceptors (Lipinski definition) is 5. The van der Waals surface area contributed by atoms with Gasteiger partial charge in [0.05, 0.1) is 12.9 Å². The number of methoxy groups -OCH3 is 1. The van der Waals surface area contributed by atoms with Crippen LogP contribution in [0.2, 0.25) is 0 Å². The van der Waals surface area contributed by atoms with Crippen molar-refractivity contribution < 1.29 is 9.53 Å². The molecule has 4 rings (SSSR count). The molecular formula is C29H32N4O2S. The maximum absolute atomic E-state index is 12.8. The highest BCUT2D eigenvalue weighted by Gasteiger charge is 2.19. The Balaban J connectivity index is 1.63. The summed E-state index contributed by atoms with van der Waals surface area (Å²) >= 11 is 1.36. The normalized spacial score (nSPS) is 11.4. The van der Waals surface area contributed by atoms with Crippen molar-refractivity contribution in [3.05, 3.63) is 83.4 Å². The van der Waals surface area contributed by atoms with Crippen molar-refractivity contribution in [2.75, 3.05) is 18.2 Å². The Morgan fingerprint density at radius 1 is 0.972 bits per heavy atom. The highest BCUT2D eigenvalue weighted by atomic mass is 32.2. The van der Waals surface area contributed by atoms with Crippen LogP contribution in [0.5, 0.6) is 5.75 Å². The molecule has 0 aliphatic carbocycles. The van der Waals surface area contributed by atoms with E-state index >= 15 is 0 Å². The molecule has 0 atom stereocenters. The van der Waals surface area contributed by atoms with E-state index in [0.29, 0.717) is 5.16 Å². The molecule has 0 saturated heterocycles. The van der Waals surface area contributed by atoms with Gasteiger partial charge in [0.15, 0.2) is 11.0 Å². The zero-order valence-electron chi connectivity index (χ0n) is 21.6. The maximum atomic E-state index is 12.8. The molecule has 0 radical (unpaired) electrons. The largest absolute Gasteiger partial charge is 0.497 e. The molecule has 0 bridgehead atoms. The van der Waals surface area contributed by atoms with Gasteiger partial charge in [-0.05, 0) is 66.3 Å². The van der Waals surface area contributed by atoms with E-state index in [1.54, 1.807) is 7.11 Å². The molecule has 7 heteroatoms. The Labute approximate surface area is 217 Å². The summed E-state index contributed by atoms with van der Waals surface area (Å²) in [5.41, 5.74) is 6.13. The van der Waals surface area contributed by atoms with E-state index in [1.165, 1.54) is 17.3 Å². The summed E-state index contributed by atoms with van der Waals surface area (Å²) in [6.45, 7) is 10.6. The van der Waals surface area contributed by atoms with Crippen LogP contribution in [0.3, 0.4) is 0 Å². The number of anilines is 1. The highest BCUT2D eigenvalue weighted by molar-refractivity contribution is 7.99. The van der Waals surface area contributed by atoms with Crippen LogP contribution in [0.15, 0.2) is 71.9 Å². The second kappa shape index (κ2) is 10.6. The van der Waals surface area contributed by atoms with Gasteiger partial charge < -0.3 is 10.1 Å². The Morgan fingerprint density at radius 3 is 2.31 bits per heavy atom. The zero-order chi connectivity index (χ0) is 25.9. The lowest BCUT2D eigenvalue weighted by Crippen LogP contribution is -2.15. The second-order valence-electron chi connectivity index (χ2n) is 9.82. The van der Waals surface area contributed by atoms with E-state index in [1.807, 2.05) is 60.9 Å². The second-order valence-corrected chi connectivity index (χ2v) is 10.8. The number of thioether (sulfide) groups is 1. The number of nitrogens with one attached hydrogen (secondary N) is 1. The average Bonchev–Trinajstić information content (AvgIpc) is 3.28. The smallest absolute Gasteiger partial charge is 0.234 e. The first-order chi connectivity index (χ1) is 17.2. The minimum atomic E-state index is -0.0888. The Hall–Kier alpha value is -3.58. The van der Waals surface area contributed by atoms with E-state index in [2.05, 4.69) is 60.6 Å². The van der Waals surface area contributed by atoms with Crippen molar-refractivity contribution in [3.8, 4) is 22.8 Å². The fourth-order valence-corrected chi connectivity index (χ4v) is 4.57. The molecule has 1 N–H and O–H groups in total. The van der Waals surface area contributed by atoms with Gasteiger partial charge in [-0.3, -0.25) is 9.36 Å². The van der Waals surface area contributed by atoms with Gasteiger partial charge in [0.25, 0.3) is 0 Å². The molecule has 4 aromatic rings. The first kappa shape index (κ1) is 25.5. The Morgan fingerprint density at radius 2 is 1.67 bits per heavy atom. The van der Waals surface area contributed by atoms with Crippen molar-refractivity contribution in [1.29, 1.82) is 0 Å². The summed E-state index contributed by atoms with van der Waals surface area (Å²) in [5, 5.41) is 12.6. The quantitative estimate of drug-likeness (QED) is 0.290. The van der Waals surface area contributed by atoms with Crippen molar-refractivity contribution in [3.63, 3.8) is 0 Å². The van der Waals surface area contributed by atoms with E-state index in [9.17, 15) is 4.79 Å². The summed E-state index contributed by atoms with van der Waals surface area (Å²) in [6, 6.07) is 22.2. The third-order valence-corrected chi connectivity index (χ3v) is 6.90. The third kappa shape index (κ3) is 5.79. The van der Waals surface area contributed by atoms with Crippen LogP contribution in [-0.4, -0.2) is 33.5 Å². The lowest BCUT2D eigenvalue weighted by molar-refractivity contribution is -0.113. The minimum absolute atomic E-state index is 0.0617. The van der Waals surface area contributed by atoms with Crippen molar-refractivity contribution >= 4 is 23.4 Å². The zero-order valence-corrected chi connectivity index (χ0v) is 22.4. The standard InChI is InChI=1S/C29H32N4O2S/c1-19-7-8-20(2)25(17-19)30-26(34)18-36-28-32-31-27(21-9-11-22(12-10-21)29(3,4)5)33(28)23-13-15-24(35-6)16-14-23/h7-17H,18H2,1-6H3,(H,30,34). The summed E-state index contributed by atoms with van der Waals surface area (Å²) in [6.07, 6.45) is 0. The van der Waals surface area contributed by atoms with Crippen LogP contribution in [-0.2, 0) is 10.2 Å². The predicted molar refractivity (Wildman–Crippen MR) is 147 cm³/mol. The highest BCUT2D eigenvalue weighted by Crippen LogP contribution is 2.31. The van der Waals surface area contributed by atoms with Gasteiger partial charge in [0.2, 0.25) is 5.91 Å². The Kier molecular flexibility index (Phi) is 7.50. The number of aromatic nitrogens is 3. The number of benzene rings is 3. The van der Waals surface area contributed by atoms with Gasteiger partial charge in [0, 0.05) is 16.9 Å². The number of carbonyl (C=O) groups is 1. The van der Waals surface area contributed by atoms with Crippen LogP contribution in [0.1, 0.15) is 37.5 Å². The molecule has 0 aliphatic rings. The SMILES string of the molecule is COc1ccc(-n2c(SCC(=O)Nc3cc(C)ccc3C)nnc2-c2ccc(C(C)(C)C)cc2)cc1. The van der Waals surface area contributed by atoms with Crippen LogP contribution >= 0.6 is 11.8 Å². The lowest BCUT2D eigenvalue weighted by Gasteiger charge is -2.19.